The Hall–Kier alpha value is -3.18. The molecule has 5 rings (SSSR count). The number of rotatable bonds is 7. The highest BCUT2D eigenvalue weighted by Gasteiger charge is 2.49. The van der Waals surface area contributed by atoms with Crippen molar-refractivity contribution >= 4 is 45.0 Å². The Morgan fingerprint density at radius 2 is 1.79 bits per heavy atom. The van der Waals surface area contributed by atoms with Crippen molar-refractivity contribution in [2.24, 2.45) is 0 Å². The standard InChI is InChI=1S/C31H33Cl2N4O5S/c1-18-9-8-14-26(37(18)40)19(2)34-30(38)28-21-10-4-5-11-22(21)31(39)36(29(28)23-16-15-20(32)17-24(23)33)27-13-7-6-12-25(27)35-43(3,41)42/h4-5,8-11,14-17,19,25,27-29,35H,1,6-7,12-13H2,2-3H3,(H,34,38)/t19?,25-,27-,28+,29-/m0/s1. The summed E-state index contributed by atoms with van der Waals surface area (Å²) >= 11 is 13.0. The van der Waals surface area contributed by atoms with Gasteiger partial charge in [-0.3, -0.25) is 9.59 Å². The van der Waals surface area contributed by atoms with Crippen LogP contribution < -0.4 is 14.8 Å². The van der Waals surface area contributed by atoms with Gasteiger partial charge in [-0.05, 0) is 55.2 Å². The summed E-state index contributed by atoms with van der Waals surface area (Å²) in [5, 5.41) is 16.4. The summed E-state index contributed by atoms with van der Waals surface area (Å²) in [6, 6.07) is 14.0. The minimum absolute atomic E-state index is 0.242. The fourth-order valence-electron chi connectivity index (χ4n) is 6.38. The molecule has 0 spiro atoms. The zero-order valence-corrected chi connectivity index (χ0v) is 26.1. The van der Waals surface area contributed by atoms with Gasteiger partial charge in [0.15, 0.2) is 5.69 Å². The van der Waals surface area contributed by atoms with Crippen LogP contribution in [-0.2, 0) is 14.8 Å². The van der Waals surface area contributed by atoms with Crippen molar-refractivity contribution in [3.05, 3.63) is 111 Å². The molecule has 0 saturated heterocycles. The fraction of sp³-hybridized carbons (Fsp3) is 0.355. The first-order chi connectivity index (χ1) is 20.4. The summed E-state index contributed by atoms with van der Waals surface area (Å²) in [6.07, 6.45) is 3.72. The van der Waals surface area contributed by atoms with E-state index in [0.29, 0.717) is 45.0 Å². The first kappa shape index (κ1) is 31.3. The van der Waals surface area contributed by atoms with E-state index in [1.54, 1.807) is 72.5 Å². The number of hydrogen-bond acceptors (Lipinski definition) is 5. The van der Waals surface area contributed by atoms with Crippen LogP contribution in [0.3, 0.4) is 0 Å². The number of aromatic nitrogens is 1. The predicted octanol–water partition coefficient (Wildman–Crippen LogP) is 4.83. The van der Waals surface area contributed by atoms with Gasteiger partial charge < -0.3 is 15.4 Å². The lowest BCUT2D eigenvalue weighted by Gasteiger charge is -2.49. The molecule has 43 heavy (non-hydrogen) atoms. The maximum atomic E-state index is 14.4. The Bertz CT molecular complexity index is 1670. The van der Waals surface area contributed by atoms with Gasteiger partial charge in [0, 0.05) is 46.7 Å². The van der Waals surface area contributed by atoms with Crippen LogP contribution in [0.5, 0.6) is 0 Å². The summed E-state index contributed by atoms with van der Waals surface area (Å²) in [5.41, 5.74) is 1.91. The van der Waals surface area contributed by atoms with Crippen molar-refractivity contribution in [2.75, 3.05) is 6.26 Å². The smallest absolute Gasteiger partial charge is 0.255 e. The fourth-order valence-corrected chi connectivity index (χ4v) is 7.73. The number of halogens is 2. The third-order valence-electron chi connectivity index (χ3n) is 8.25. The highest BCUT2D eigenvalue weighted by Crippen LogP contribution is 2.48. The normalized spacial score (nSPS) is 23.0. The van der Waals surface area contributed by atoms with E-state index in [-0.39, 0.29) is 16.6 Å². The van der Waals surface area contributed by atoms with Crippen LogP contribution in [0, 0.1) is 12.1 Å². The van der Waals surface area contributed by atoms with Gasteiger partial charge >= 0.3 is 0 Å². The van der Waals surface area contributed by atoms with Crippen molar-refractivity contribution in [3.8, 4) is 0 Å². The van der Waals surface area contributed by atoms with Crippen molar-refractivity contribution in [3.63, 3.8) is 0 Å². The number of fused-ring (bicyclic) bond motifs is 1. The molecule has 3 aromatic rings. The third-order valence-corrected chi connectivity index (χ3v) is 9.54. The van der Waals surface area contributed by atoms with Crippen molar-refractivity contribution in [1.29, 1.82) is 0 Å². The van der Waals surface area contributed by atoms with Gasteiger partial charge in [-0.15, -0.1) is 0 Å². The second-order valence-corrected chi connectivity index (χ2v) is 13.8. The molecule has 0 bridgehead atoms. The minimum Gasteiger partial charge on any atom is -0.618 e. The Labute approximate surface area is 261 Å². The second-order valence-electron chi connectivity index (χ2n) is 11.2. The van der Waals surface area contributed by atoms with Crippen molar-refractivity contribution in [2.45, 2.75) is 62.7 Å². The molecule has 1 aliphatic heterocycles. The molecule has 1 aliphatic carbocycles. The highest BCUT2D eigenvalue weighted by atomic mass is 35.5. The van der Waals surface area contributed by atoms with E-state index in [1.807, 2.05) is 0 Å². The number of hydrogen-bond donors (Lipinski definition) is 2. The van der Waals surface area contributed by atoms with Crippen LogP contribution in [0.1, 0.15) is 83.5 Å². The number of carbonyl (C=O) groups excluding carboxylic acids is 2. The number of sulfonamides is 1. The average molecular weight is 645 g/mol. The van der Waals surface area contributed by atoms with Gasteiger partial charge in [0.05, 0.1) is 18.2 Å². The maximum Gasteiger partial charge on any atom is 0.255 e. The zero-order chi connectivity index (χ0) is 31.1. The van der Waals surface area contributed by atoms with Crippen LogP contribution in [0.25, 0.3) is 0 Å². The molecule has 1 unspecified atom stereocenters. The van der Waals surface area contributed by atoms with Crippen LogP contribution in [0.15, 0.2) is 60.7 Å². The SMILES string of the molecule is [CH2]c1cccc(C(C)NC(=O)[C@@H]2c3ccccc3C(=O)N([C@H]3CCCC[C@@H]3NS(C)(=O)=O)[C@H]2c2ccc(Cl)cc2Cl)[n+]1[O-]. The lowest BCUT2D eigenvalue weighted by atomic mass is 9.76. The molecule has 12 heteroatoms. The van der Waals surface area contributed by atoms with Crippen LogP contribution in [-0.4, -0.2) is 43.5 Å². The first-order valence-electron chi connectivity index (χ1n) is 14.1. The highest BCUT2D eigenvalue weighted by molar-refractivity contribution is 7.88. The molecule has 1 radical (unpaired) electrons. The number of nitrogens with zero attached hydrogens (tertiary/aromatic N) is 2. The van der Waals surface area contributed by atoms with Gasteiger partial charge in [0.2, 0.25) is 21.6 Å². The largest absolute Gasteiger partial charge is 0.618 e. The van der Waals surface area contributed by atoms with Crippen molar-refractivity contribution in [1.82, 2.24) is 14.9 Å². The van der Waals surface area contributed by atoms with E-state index >= 15 is 0 Å². The minimum atomic E-state index is -3.60. The van der Waals surface area contributed by atoms with Gasteiger partial charge in [-0.1, -0.05) is 60.3 Å². The second kappa shape index (κ2) is 12.4. The lowest BCUT2D eigenvalue weighted by molar-refractivity contribution is -0.619. The number of nitrogens with one attached hydrogen (secondary N) is 2. The Balaban J connectivity index is 1.67. The van der Waals surface area contributed by atoms with Gasteiger partial charge in [0.1, 0.15) is 6.04 Å². The quantitative estimate of drug-likeness (QED) is 0.282. The molecule has 2 aliphatic rings. The van der Waals surface area contributed by atoms with Crippen LogP contribution in [0.2, 0.25) is 10.0 Å². The molecule has 2 heterocycles. The van der Waals surface area contributed by atoms with E-state index in [9.17, 15) is 23.2 Å². The topological polar surface area (TPSA) is 123 Å². The summed E-state index contributed by atoms with van der Waals surface area (Å²) in [6.45, 7) is 5.46. The van der Waals surface area contributed by atoms with Crippen LogP contribution >= 0.6 is 23.2 Å². The number of carbonyl (C=O) groups is 2. The number of benzene rings is 2. The monoisotopic (exact) mass is 643 g/mol. The average Bonchev–Trinajstić information content (AvgIpc) is 2.94. The summed E-state index contributed by atoms with van der Waals surface area (Å²) in [4.78, 5) is 30.4. The molecule has 5 atom stereocenters. The molecule has 227 valence electrons. The molecule has 1 saturated carbocycles. The Morgan fingerprint density at radius 3 is 2.51 bits per heavy atom. The van der Waals surface area contributed by atoms with Gasteiger partial charge in [-0.2, -0.15) is 4.73 Å². The predicted molar refractivity (Wildman–Crippen MR) is 165 cm³/mol. The summed E-state index contributed by atoms with van der Waals surface area (Å²) in [5.74, 6) is -1.69. The zero-order valence-electron chi connectivity index (χ0n) is 23.8. The molecule has 1 fully saturated rings. The maximum absolute atomic E-state index is 14.4. The van der Waals surface area contributed by atoms with Crippen molar-refractivity contribution < 1.29 is 22.7 Å². The molecule has 9 nitrogen and oxygen atoms in total. The number of amides is 2. The Kier molecular flexibility index (Phi) is 9.04. The molecule has 2 N–H and O–H groups in total. The Morgan fingerprint density at radius 1 is 1.07 bits per heavy atom. The van der Waals surface area contributed by atoms with Crippen LogP contribution in [0.4, 0.5) is 0 Å². The molecule has 1 aromatic heterocycles. The lowest BCUT2D eigenvalue weighted by Crippen LogP contribution is -2.59. The molecular formula is C31H33Cl2N4O5S. The first-order valence-corrected chi connectivity index (χ1v) is 16.7. The van der Waals surface area contributed by atoms with E-state index in [0.717, 1.165) is 19.1 Å². The third kappa shape index (κ3) is 6.38. The molecule has 2 amide bonds. The van der Waals surface area contributed by atoms with E-state index in [1.165, 1.54) is 0 Å². The number of pyridine rings is 1. The van der Waals surface area contributed by atoms with Gasteiger partial charge in [0.25, 0.3) is 5.91 Å². The summed E-state index contributed by atoms with van der Waals surface area (Å²) in [7, 11) is -3.60. The van der Waals surface area contributed by atoms with E-state index in [2.05, 4.69) is 17.0 Å². The van der Waals surface area contributed by atoms with E-state index in [4.69, 9.17) is 23.2 Å². The van der Waals surface area contributed by atoms with Gasteiger partial charge in [-0.25, -0.2) is 13.1 Å². The molecular weight excluding hydrogens is 611 g/mol. The van der Waals surface area contributed by atoms with E-state index < -0.39 is 46.0 Å². The summed E-state index contributed by atoms with van der Waals surface area (Å²) < 4.78 is 28.2. The molecule has 2 aromatic carbocycles.